The average molecular weight is 189 g/mol. The van der Waals surface area contributed by atoms with Crippen molar-refractivity contribution in [1.29, 1.82) is 0 Å². The van der Waals surface area contributed by atoms with Crippen LogP contribution in [0.3, 0.4) is 0 Å². The third kappa shape index (κ3) is 6.02. The minimum absolute atomic E-state index is 0.0527. The molecule has 0 spiro atoms. The van der Waals surface area contributed by atoms with Gasteiger partial charge in [0.2, 0.25) is 0 Å². The van der Waals surface area contributed by atoms with Crippen LogP contribution >= 0.6 is 0 Å². The molecule has 0 fully saturated rings. The average Bonchev–Trinajstić information content (AvgIpc) is 2.12. The highest BCUT2D eigenvalue weighted by Gasteiger charge is 2.17. The standard InChI is InChI=1S/C10H23NO2/c1-5-11(8-9-12)7-6-10(2,3)13-4/h12H,5-9H2,1-4H3. The summed E-state index contributed by atoms with van der Waals surface area (Å²) in [6.45, 7) is 9.24. The molecule has 0 aliphatic heterocycles. The summed E-state index contributed by atoms with van der Waals surface area (Å²) >= 11 is 0. The van der Waals surface area contributed by atoms with Gasteiger partial charge in [-0.15, -0.1) is 0 Å². The van der Waals surface area contributed by atoms with Crippen LogP contribution in [0.4, 0.5) is 0 Å². The fraction of sp³-hybridized carbons (Fsp3) is 1.00. The first-order valence-electron chi connectivity index (χ1n) is 4.94. The SMILES string of the molecule is CCN(CCO)CCC(C)(C)OC. The predicted octanol–water partition coefficient (Wildman–Crippen LogP) is 1.12. The zero-order valence-corrected chi connectivity index (χ0v) is 9.34. The number of aliphatic hydroxyl groups is 1. The number of methoxy groups -OCH3 is 1. The fourth-order valence-electron chi connectivity index (χ4n) is 1.10. The molecule has 0 aromatic rings. The summed E-state index contributed by atoms with van der Waals surface area (Å²) in [5.41, 5.74) is -0.0527. The molecule has 0 rings (SSSR count). The third-order valence-corrected chi connectivity index (χ3v) is 2.45. The highest BCUT2D eigenvalue weighted by Crippen LogP contribution is 2.13. The van der Waals surface area contributed by atoms with Gasteiger partial charge >= 0.3 is 0 Å². The van der Waals surface area contributed by atoms with Gasteiger partial charge in [0.15, 0.2) is 0 Å². The Kier molecular flexibility index (Phi) is 6.29. The largest absolute Gasteiger partial charge is 0.395 e. The smallest absolute Gasteiger partial charge is 0.0634 e. The second-order valence-electron chi connectivity index (χ2n) is 3.87. The number of rotatable bonds is 7. The van der Waals surface area contributed by atoms with Crippen molar-refractivity contribution < 1.29 is 9.84 Å². The maximum atomic E-state index is 8.78. The monoisotopic (exact) mass is 189 g/mol. The van der Waals surface area contributed by atoms with E-state index in [4.69, 9.17) is 9.84 Å². The lowest BCUT2D eigenvalue weighted by molar-refractivity contribution is 0.00676. The van der Waals surface area contributed by atoms with E-state index in [9.17, 15) is 0 Å². The quantitative estimate of drug-likeness (QED) is 0.651. The van der Waals surface area contributed by atoms with Crippen molar-refractivity contribution in [2.45, 2.75) is 32.8 Å². The molecule has 0 atom stereocenters. The molecule has 0 radical (unpaired) electrons. The molecule has 0 amide bonds. The number of aliphatic hydroxyl groups excluding tert-OH is 1. The second-order valence-corrected chi connectivity index (χ2v) is 3.87. The van der Waals surface area contributed by atoms with Gasteiger partial charge in [0, 0.05) is 20.2 Å². The number of hydrogen-bond donors (Lipinski definition) is 1. The summed E-state index contributed by atoms with van der Waals surface area (Å²) in [7, 11) is 1.74. The molecule has 0 saturated carbocycles. The van der Waals surface area contributed by atoms with E-state index in [0.717, 1.165) is 26.1 Å². The molecular weight excluding hydrogens is 166 g/mol. The van der Waals surface area contributed by atoms with E-state index in [2.05, 4.69) is 25.7 Å². The first kappa shape index (κ1) is 12.9. The Balaban J connectivity index is 3.70. The van der Waals surface area contributed by atoms with Gasteiger partial charge in [-0.1, -0.05) is 6.92 Å². The molecule has 0 bridgehead atoms. The van der Waals surface area contributed by atoms with E-state index < -0.39 is 0 Å². The fourth-order valence-corrected chi connectivity index (χ4v) is 1.10. The van der Waals surface area contributed by atoms with Gasteiger partial charge in [-0.25, -0.2) is 0 Å². The Morgan fingerprint density at radius 1 is 1.31 bits per heavy atom. The van der Waals surface area contributed by atoms with Crippen LogP contribution in [-0.2, 0) is 4.74 Å². The summed E-state index contributed by atoms with van der Waals surface area (Å²) < 4.78 is 5.32. The highest BCUT2D eigenvalue weighted by molar-refractivity contribution is 4.70. The number of likely N-dealkylation sites (N-methyl/N-ethyl adjacent to an activating group) is 1. The summed E-state index contributed by atoms with van der Waals surface area (Å²) in [4.78, 5) is 2.22. The Bertz CT molecular complexity index is 126. The van der Waals surface area contributed by atoms with Crippen LogP contribution in [0.2, 0.25) is 0 Å². The second kappa shape index (κ2) is 6.35. The molecule has 13 heavy (non-hydrogen) atoms. The van der Waals surface area contributed by atoms with Gasteiger partial charge in [0.05, 0.1) is 12.2 Å². The molecule has 3 heteroatoms. The Hall–Kier alpha value is -0.120. The van der Waals surface area contributed by atoms with E-state index >= 15 is 0 Å². The van der Waals surface area contributed by atoms with Crippen molar-refractivity contribution in [2.75, 3.05) is 33.4 Å². The van der Waals surface area contributed by atoms with Crippen molar-refractivity contribution in [3.63, 3.8) is 0 Å². The van der Waals surface area contributed by atoms with E-state index in [1.165, 1.54) is 0 Å². The molecule has 0 aromatic carbocycles. The molecule has 0 aromatic heterocycles. The van der Waals surface area contributed by atoms with E-state index in [1.807, 2.05) is 0 Å². The molecule has 0 aliphatic carbocycles. The van der Waals surface area contributed by atoms with Crippen LogP contribution in [-0.4, -0.2) is 49.0 Å². The zero-order chi connectivity index (χ0) is 10.3. The lowest BCUT2D eigenvalue weighted by Gasteiger charge is -2.27. The highest BCUT2D eigenvalue weighted by atomic mass is 16.5. The van der Waals surface area contributed by atoms with Crippen LogP contribution in [0.5, 0.6) is 0 Å². The molecular formula is C10H23NO2. The van der Waals surface area contributed by atoms with Crippen LogP contribution in [0.15, 0.2) is 0 Å². The van der Waals surface area contributed by atoms with Gasteiger partial charge in [-0.05, 0) is 26.8 Å². The maximum absolute atomic E-state index is 8.78. The minimum atomic E-state index is -0.0527. The lowest BCUT2D eigenvalue weighted by atomic mass is 10.1. The summed E-state index contributed by atoms with van der Waals surface area (Å²) in [5, 5.41) is 8.78. The van der Waals surface area contributed by atoms with Crippen molar-refractivity contribution >= 4 is 0 Å². The Morgan fingerprint density at radius 2 is 1.92 bits per heavy atom. The zero-order valence-electron chi connectivity index (χ0n) is 9.34. The predicted molar refractivity (Wildman–Crippen MR) is 54.9 cm³/mol. The maximum Gasteiger partial charge on any atom is 0.0634 e. The third-order valence-electron chi connectivity index (χ3n) is 2.45. The molecule has 1 N–H and O–H groups in total. The molecule has 0 heterocycles. The van der Waals surface area contributed by atoms with Gasteiger partial charge in [0.25, 0.3) is 0 Å². The molecule has 3 nitrogen and oxygen atoms in total. The van der Waals surface area contributed by atoms with Gasteiger partial charge in [0.1, 0.15) is 0 Å². The minimum Gasteiger partial charge on any atom is -0.395 e. The van der Waals surface area contributed by atoms with Crippen molar-refractivity contribution in [1.82, 2.24) is 4.90 Å². The summed E-state index contributed by atoms with van der Waals surface area (Å²) in [6.07, 6.45) is 0.997. The number of nitrogens with zero attached hydrogens (tertiary/aromatic N) is 1. The van der Waals surface area contributed by atoms with Crippen LogP contribution < -0.4 is 0 Å². The van der Waals surface area contributed by atoms with Crippen molar-refractivity contribution in [3.05, 3.63) is 0 Å². The topological polar surface area (TPSA) is 32.7 Å². The molecule has 80 valence electrons. The van der Waals surface area contributed by atoms with Crippen LogP contribution in [0.25, 0.3) is 0 Å². The first-order valence-corrected chi connectivity index (χ1v) is 4.94. The van der Waals surface area contributed by atoms with E-state index in [0.29, 0.717) is 0 Å². The van der Waals surface area contributed by atoms with Crippen molar-refractivity contribution in [3.8, 4) is 0 Å². The lowest BCUT2D eigenvalue weighted by Crippen LogP contribution is -2.33. The molecule has 0 unspecified atom stereocenters. The van der Waals surface area contributed by atoms with Gasteiger partial charge < -0.3 is 14.7 Å². The molecule has 0 aliphatic rings. The van der Waals surface area contributed by atoms with Gasteiger partial charge in [-0.3, -0.25) is 0 Å². The van der Waals surface area contributed by atoms with Gasteiger partial charge in [-0.2, -0.15) is 0 Å². The summed E-state index contributed by atoms with van der Waals surface area (Å²) in [6, 6.07) is 0. The summed E-state index contributed by atoms with van der Waals surface area (Å²) in [5.74, 6) is 0. The van der Waals surface area contributed by atoms with Crippen LogP contribution in [0, 0.1) is 0 Å². The first-order chi connectivity index (χ1) is 6.05. The van der Waals surface area contributed by atoms with Crippen LogP contribution in [0.1, 0.15) is 27.2 Å². The number of ether oxygens (including phenoxy) is 1. The van der Waals surface area contributed by atoms with Crippen molar-refractivity contribution in [2.24, 2.45) is 0 Å². The Morgan fingerprint density at radius 3 is 2.31 bits per heavy atom. The van der Waals surface area contributed by atoms with E-state index in [1.54, 1.807) is 7.11 Å². The normalized spacial score (nSPS) is 12.5. The number of hydrogen-bond acceptors (Lipinski definition) is 3. The van der Waals surface area contributed by atoms with E-state index in [-0.39, 0.29) is 12.2 Å². The molecule has 0 saturated heterocycles. The Labute approximate surface area is 81.7 Å².